The molecule has 4 aromatic rings. The van der Waals surface area contributed by atoms with Gasteiger partial charge in [-0.15, -0.1) is 0 Å². The Hall–Kier alpha value is -1.91. The molecule has 0 radical (unpaired) electrons. The molecule has 0 aliphatic heterocycles. The van der Waals surface area contributed by atoms with Crippen LogP contribution in [0.5, 0.6) is 0 Å². The molecule has 2 aliphatic carbocycles. The maximum absolute atomic E-state index is 2.53. The molecule has 170 valence electrons. The summed E-state index contributed by atoms with van der Waals surface area (Å²) < 4.78 is 1.32. The molecular formula is C32H28HfP2. The summed E-state index contributed by atoms with van der Waals surface area (Å²) in [7, 11) is 1.53. The third kappa shape index (κ3) is 4.76. The summed E-state index contributed by atoms with van der Waals surface area (Å²) in [4.78, 5) is 0. The number of aryl methyl sites for hydroxylation is 2. The average Bonchev–Trinajstić information content (AvgIpc) is 3.40. The van der Waals surface area contributed by atoms with E-state index in [4.69, 9.17) is 0 Å². The minimum atomic E-state index is -1.19. The van der Waals surface area contributed by atoms with Crippen molar-refractivity contribution in [2.24, 2.45) is 0 Å². The maximum atomic E-state index is 2.53. The van der Waals surface area contributed by atoms with Gasteiger partial charge >= 0.3 is 225 Å². The van der Waals surface area contributed by atoms with E-state index in [0.717, 1.165) is 17.2 Å². The molecule has 2 aliphatic rings. The van der Waals surface area contributed by atoms with Crippen LogP contribution >= 0.6 is 17.2 Å². The van der Waals surface area contributed by atoms with E-state index in [0.29, 0.717) is 7.35 Å². The second-order valence-electron chi connectivity index (χ2n) is 9.37. The van der Waals surface area contributed by atoms with E-state index < -0.39 is 22.9 Å². The van der Waals surface area contributed by atoms with Crippen LogP contribution in [0.15, 0.2) is 108 Å². The average molecular weight is 653 g/mol. The molecule has 0 aromatic heterocycles. The van der Waals surface area contributed by atoms with E-state index in [1.165, 1.54) is 32.9 Å². The molecule has 3 heteroatoms. The topological polar surface area (TPSA) is 0 Å². The first-order valence-electron chi connectivity index (χ1n) is 12.2. The third-order valence-electron chi connectivity index (χ3n) is 7.04. The fraction of sp³-hybridized carbons (Fsp3) is 0.125. The van der Waals surface area contributed by atoms with Gasteiger partial charge in [0.25, 0.3) is 0 Å². The Labute approximate surface area is 223 Å². The standard InChI is InChI=1S/2C16H14P.Hf/c2*1-12-6-2-5-9-16(12)17-15-10-13-7-3-4-8-14(13)11-15;/h2*2-11,17H,1H3;. The molecule has 4 aromatic carbocycles. The molecule has 0 saturated carbocycles. The third-order valence-corrected chi connectivity index (χ3v) is 19.1. The van der Waals surface area contributed by atoms with E-state index in [1.54, 1.807) is 21.8 Å². The van der Waals surface area contributed by atoms with Crippen LogP contribution in [0.4, 0.5) is 0 Å². The molecule has 0 spiro atoms. The van der Waals surface area contributed by atoms with Gasteiger partial charge in [0.1, 0.15) is 0 Å². The number of hydrogen-bond donors (Lipinski definition) is 0. The SMILES string of the molecule is Cc1ccccc1PC1=Cc2ccccc2[CH]1[Hf][CH]1C(Pc2ccccc2C)=Cc2ccccc21. The molecule has 0 amide bonds. The second-order valence-corrected chi connectivity index (χ2v) is 17.4. The van der Waals surface area contributed by atoms with Crippen molar-refractivity contribution in [2.45, 2.75) is 21.2 Å². The first kappa shape index (κ1) is 23.5. The zero-order chi connectivity index (χ0) is 23.8. The van der Waals surface area contributed by atoms with Gasteiger partial charge in [-0.25, -0.2) is 0 Å². The van der Waals surface area contributed by atoms with Crippen LogP contribution in [0.1, 0.15) is 40.7 Å². The minimum absolute atomic E-state index is 0.658. The predicted octanol–water partition coefficient (Wildman–Crippen LogP) is 7.89. The van der Waals surface area contributed by atoms with Crippen molar-refractivity contribution in [3.05, 3.63) is 141 Å². The van der Waals surface area contributed by atoms with Crippen molar-refractivity contribution in [3.63, 3.8) is 0 Å². The molecule has 0 saturated heterocycles. The van der Waals surface area contributed by atoms with Crippen molar-refractivity contribution < 1.29 is 22.9 Å². The van der Waals surface area contributed by atoms with Crippen LogP contribution in [0, 0.1) is 13.8 Å². The normalized spacial score (nSPS) is 18.7. The number of allylic oxidation sites excluding steroid dienone is 2. The van der Waals surface area contributed by atoms with Crippen LogP contribution in [-0.4, -0.2) is 0 Å². The summed E-state index contributed by atoms with van der Waals surface area (Å²) in [6, 6.07) is 36.3. The van der Waals surface area contributed by atoms with Gasteiger partial charge in [-0.3, -0.25) is 0 Å². The molecule has 0 bridgehead atoms. The summed E-state index contributed by atoms with van der Waals surface area (Å²) >= 11 is -1.19. The first-order valence-corrected chi connectivity index (χ1v) is 18.3. The Bertz CT molecular complexity index is 1350. The fourth-order valence-corrected chi connectivity index (χ4v) is 16.9. The molecular weight excluding hydrogens is 625 g/mol. The van der Waals surface area contributed by atoms with E-state index in [-0.39, 0.29) is 0 Å². The van der Waals surface area contributed by atoms with Gasteiger partial charge in [0.2, 0.25) is 0 Å². The molecule has 35 heavy (non-hydrogen) atoms. The van der Waals surface area contributed by atoms with E-state index >= 15 is 0 Å². The molecule has 0 N–H and O–H groups in total. The second kappa shape index (κ2) is 10.2. The predicted molar refractivity (Wildman–Crippen MR) is 153 cm³/mol. The van der Waals surface area contributed by atoms with Gasteiger partial charge in [0.15, 0.2) is 0 Å². The van der Waals surface area contributed by atoms with Crippen LogP contribution in [0.2, 0.25) is 0 Å². The summed E-state index contributed by atoms with van der Waals surface area (Å²) in [5.41, 5.74) is 8.94. The van der Waals surface area contributed by atoms with Crippen molar-refractivity contribution in [3.8, 4) is 0 Å². The Morgan fingerprint density at radius 3 is 1.37 bits per heavy atom. The van der Waals surface area contributed by atoms with Crippen molar-refractivity contribution in [1.82, 2.24) is 0 Å². The zero-order valence-electron chi connectivity index (χ0n) is 20.0. The molecule has 0 nitrogen and oxygen atoms in total. The number of rotatable bonds is 6. The van der Waals surface area contributed by atoms with Crippen molar-refractivity contribution in [2.75, 3.05) is 0 Å². The van der Waals surface area contributed by atoms with E-state index in [2.05, 4.69) is 123 Å². The van der Waals surface area contributed by atoms with Gasteiger partial charge in [-0.05, 0) is 0 Å². The van der Waals surface area contributed by atoms with Crippen LogP contribution in [0.3, 0.4) is 0 Å². The Kier molecular flexibility index (Phi) is 6.86. The van der Waals surface area contributed by atoms with Gasteiger partial charge in [0.05, 0.1) is 0 Å². The van der Waals surface area contributed by atoms with Crippen LogP contribution in [-0.2, 0) is 22.9 Å². The monoisotopic (exact) mass is 654 g/mol. The van der Waals surface area contributed by atoms with E-state index in [9.17, 15) is 0 Å². The quantitative estimate of drug-likeness (QED) is 0.147. The number of fused-ring (bicyclic) bond motifs is 2. The van der Waals surface area contributed by atoms with E-state index in [1.807, 2.05) is 0 Å². The first-order chi connectivity index (χ1) is 17.2. The molecule has 4 unspecified atom stereocenters. The van der Waals surface area contributed by atoms with Gasteiger partial charge in [-0.1, -0.05) is 0 Å². The molecule has 4 atom stereocenters. The summed E-state index contributed by atoms with van der Waals surface area (Å²) in [6.45, 7) is 4.53. The molecule has 0 heterocycles. The fourth-order valence-electron chi connectivity index (χ4n) is 5.13. The van der Waals surface area contributed by atoms with Crippen molar-refractivity contribution in [1.29, 1.82) is 0 Å². The van der Waals surface area contributed by atoms with Crippen LogP contribution in [0.25, 0.3) is 12.2 Å². The van der Waals surface area contributed by atoms with Gasteiger partial charge < -0.3 is 0 Å². The Morgan fingerprint density at radius 1 is 0.514 bits per heavy atom. The number of hydrogen-bond acceptors (Lipinski definition) is 0. The zero-order valence-corrected chi connectivity index (χ0v) is 25.6. The molecule has 6 rings (SSSR count). The Balaban J connectivity index is 1.36. The Morgan fingerprint density at radius 2 is 0.914 bits per heavy atom. The van der Waals surface area contributed by atoms with Crippen molar-refractivity contribution >= 4 is 39.9 Å². The van der Waals surface area contributed by atoms with Crippen LogP contribution < -0.4 is 10.6 Å². The summed E-state index contributed by atoms with van der Waals surface area (Å²) in [6.07, 6.45) is 5.07. The summed E-state index contributed by atoms with van der Waals surface area (Å²) in [5, 5.41) is 6.35. The molecule has 0 fully saturated rings. The van der Waals surface area contributed by atoms with Gasteiger partial charge in [0, 0.05) is 0 Å². The number of benzene rings is 4. The summed E-state index contributed by atoms with van der Waals surface area (Å²) in [5.74, 6) is 0. The van der Waals surface area contributed by atoms with Gasteiger partial charge in [-0.2, -0.15) is 0 Å².